The molecule has 0 saturated heterocycles. The SMILES string of the molecule is COC(=O)c1scc(C)c1NC(=O)CCOCC(F)F. The van der Waals surface area contributed by atoms with Crippen molar-refractivity contribution in [1.29, 1.82) is 0 Å². The van der Waals surface area contributed by atoms with E-state index in [1.54, 1.807) is 12.3 Å². The topological polar surface area (TPSA) is 64.6 Å². The van der Waals surface area contributed by atoms with Gasteiger partial charge in [0.05, 0.1) is 25.8 Å². The second-order valence-corrected chi connectivity index (χ2v) is 4.76. The van der Waals surface area contributed by atoms with E-state index in [1.807, 2.05) is 0 Å². The molecular weight excluding hydrogens is 292 g/mol. The fourth-order valence-corrected chi connectivity index (χ4v) is 2.30. The highest BCUT2D eigenvalue weighted by Crippen LogP contribution is 2.28. The minimum Gasteiger partial charge on any atom is -0.465 e. The Hall–Kier alpha value is -1.54. The number of carbonyl (C=O) groups excluding carboxylic acids is 2. The third-order valence-electron chi connectivity index (χ3n) is 2.33. The third kappa shape index (κ3) is 4.86. The van der Waals surface area contributed by atoms with E-state index in [-0.39, 0.29) is 13.0 Å². The first-order valence-corrected chi connectivity index (χ1v) is 6.65. The van der Waals surface area contributed by atoms with Gasteiger partial charge in [-0.3, -0.25) is 4.79 Å². The molecule has 0 aliphatic heterocycles. The summed E-state index contributed by atoms with van der Waals surface area (Å²) in [6.07, 6.45) is -2.62. The van der Waals surface area contributed by atoms with Gasteiger partial charge >= 0.3 is 5.97 Å². The maximum absolute atomic E-state index is 11.8. The number of amides is 1. The van der Waals surface area contributed by atoms with Crippen LogP contribution in [0.4, 0.5) is 14.5 Å². The zero-order chi connectivity index (χ0) is 15.1. The Balaban J connectivity index is 2.53. The van der Waals surface area contributed by atoms with Gasteiger partial charge in [-0.05, 0) is 17.9 Å². The number of halogens is 2. The average molecular weight is 307 g/mol. The van der Waals surface area contributed by atoms with Crippen molar-refractivity contribution >= 4 is 28.9 Å². The van der Waals surface area contributed by atoms with Gasteiger partial charge in [-0.1, -0.05) is 0 Å². The Bertz CT molecular complexity index is 476. The Kier molecular flexibility index (Phi) is 6.53. The molecule has 0 unspecified atom stereocenters. The molecule has 0 saturated carbocycles. The molecule has 1 amide bonds. The molecule has 20 heavy (non-hydrogen) atoms. The van der Waals surface area contributed by atoms with Gasteiger partial charge < -0.3 is 14.8 Å². The van der Waals surface area contributed by atoms with Gasteiger partial charge in [0.15, 0.2) is 0 Å². The fourth-order valence-electron chi connectivity index (χ4n) is 1.38. The number of anilines is 1. The fraction of sp³-hybridized carbons (Fsp3) is 0.500. The first-order chi connectivity index (χ1) is 9.45. The molecule has 5 nitrogen and oxygen atoms in total. The molecule has 0 aliphatic carbocycles. The second kappa shape index (κ2) is 7.91. The molecular formula is C12H15F2NO4S. The lowest BCUT2D eigenvalue weighted by molar-refractivity contribution is -0.117. The number of ether oxygens (including phenoxy) is 2. The number of aryl methyl sites for hydroxylation is 1. The summed E-state index contributed by atoms with van der Waals surface area (Å²) in [6.45, 7) is 0.941. The lowest BCUT2D eigenvalue weighted by atomic mass is 10.2. The van der Waals surface area contributed by atoms with Crippen molar-refractivity contribution < 1.29 is 27.8 Å². The predicted octanol–water partition coefficient (Wildman–Crippen LogP) is 2.45. The van der Waals surface area contributed by atoms with Gasteiger partial charge in [0, 0.05) is 0 Å². The van der Waals surface area contributed by atoms with Gasteiger partial charge in [-0.2, -0.15) is 0 Å². The van der Waals surface area contributed by atoms with E-state index in [2.05, 4.69) is 14.8 Å². The quantitative estimate of drug-likeness (QED) is 0.621. The third-order valence-corrected chi connectivity index (χ3v) is 3.41. The molecule has 1 N–H and O–H groups in total. The van der Waals surface area contributed by atoms with Gasteiger partial charge in [0.2, 0.25) is 5.91 Å². The predicted molar refractivity (Wildman–Crippen MR) is 70.5 cm³/mol. The van der Waals surface area contributed by atoms with E-state index in [4.69, 9.17) is 0 Å². The molecule has 1 aromatic rings. The number of esters is 1. The molecule has 0 bridgehead atoms. The Labute approximate surface area is 118 Å². The monoisotopic (exact) mass is 307 g/mol. The van der Waals surface area contributed by atoms with Crippen LogP contribution in [0, 0.1) is 6.92 Å². The summed E-state index contributed by atoms with van der Waals surface area (Å²) in [5, 5.41) is 4.28. The molecule has 0 aliphatic rings. The van der Waals surface area contributed by atoms with E-state index in [0.717, 1.165) is 16.9 Å². The number of hydrogen-bond acceptors (Lipinski definition) is 5. The molecule has 0 atom stereocenters. The maximum Gasteiger partial charge on any atom is 0.350 e. The largest absolute Gasteiger partial charge is 0.465 e. The van der Waals surface area contributed by atoms with Crippen LogP contribution in [0.5, 0.6) is 0 Å². The number of methoxy groups -OCH3 is 1. The normalized spacial score (nSPS) is 10.7. The van der Waals surface area contributed by atoms with E-state index in [0.29, 0.717) is 10.6 Å². The van der Waals surface area contributed by atoms with Crippen molar-refractivity contribution in [3.05, 3.63) is 15.8 Å². The molecule has 0 aromatic carbocycles. The van der Waals surface area contributed by atoms with Crippen LogP contribution in [0.2, 0.25) is 0 Å². The molecule has 0 spiro atoms. The summed E-state index contributed by atoms with van der Waals surface area (Å²) in [5.41, 5.74) is 1.12. The van der Waals surface area contributed by atoms with Crippen LogP contribution in [0.3, 0.4) is 0 Å². The highest BCUT2D eigenvalue weighted by atomic mass is 32.1. The van der Waals surface area contributed by atoms with Crippen LogP contribution >= 0.6 is 11.3 Å². The molecule has 0 fully saturated rings. The Morgan fingerprint density at radius 2 is 2.15 bits per heavy atom. The van der Waals surface area contributed by atoms with E-state index >= 15 is 0 Å². The van der Waals surface area contributed by atoms with Crippen LogP contribution in [0.1, 0.15) is 21.7 Å². The summed E-state index contributed by atoms with van der Waals surface area (Å²) < 4.78 is 32.9. The van der Waals surface area contributed by atoms with Crippen LogP contribution in [-0.2, 0) is 14.3 Å². The first kappa shape index (κ1) is 16.5. The van der Waals surface area contributed by atoms with E-state index in [1.165, 1.54) is 7.11 Å². The number of carbonyl (C=O) groups is 2. The van der Waals surface area contributed by atoms with E-state index < -0.39 is 24.9 Å². The zero-order valence-corrected chi connectivity index (χ0v) is 11.9. The summed E-state index contributed by atoms with van der Waals surface area (Å²) in [5.74, 6) is -0.946. The Morgan fingerprint density at radius 1 is 1.45 bits per heavy atom. The van der Waals surface area contributed by atoms with Gasteiger partial charge in [-0.25, -0.2) is 13.6 Å². The van der Waals surface area contributed by atoms with Crippen LogP contribution in [0.15, 0.2) is 5.38 Å². The number of rotatable bonds is 7. The summed E-state index contributed by atoms with van der Waals surface area (Å²) in [7, 11) is 1.25. The highest BCUT2D eigenvalue weighted by Gasteiger charge is 2.18. The molecule has 1 aromatic heterocycles. The minimum atomic E-state index is -2.55. The van der Waals surface area contributed by atoms with Crippen molar-refractivity contribution in [1.82, 2.24) is 0 Å². The smallest absolute Gasteiger partial charge is 0.350 e. The second-order valence-electron chi connectivity index (χ2n) is 3.88. The molecule has 1 heterocycles. The van der Waals surface area contributed by atoms with Crippen molar-refractivity contribution in [2.75, 3.05) is 25.6 Å². The molecule has 0 radical (unpaired) electrons. The molecule has 1 rings (SSSR count). The molecule has 112 valence electrons. The van der Waals surface area contributed by atoms with Crippen LogP contribution in [-0.4, -0.2) is 38.6 Å². The molecule has 8 heteroatoms. The van der Waals surface area contributed by atoms with Gasteiger partial charge in [0.25, 0.3) is 6.43 Å². The number of alkyl halides is 2. The number of hydrogen-bond donors (Lipinski definition) is 1. The van der Waals surface area contributed by atoms with Crippen molar-refractivity contribution in [3.63, 3.8) is 0 Å². The van der Waals surface area contributed by atoms with Crippen molar-refractivity contribution in [2.45, 2.75) is 19.8 Å². The van der Waals surface area contributed by atoms with Crippen LogP contribution < -0.4 is 5.32 Å². The minimum absolute atomic E-state index is 0.0668. The van der Waals surface area contributed by atoms with Crippen LogP contribution in [0.25, 0.3) is 0 Å². The van der Waals surface area contributed by atoms with Crippen molar-refractivity contribution in [3.8, 4) is 0 Å². The zero-order valence-electron chi connectivity index (χ0n) is 11.1. The lowest BCUT2D eigenvalue weighted by Gasteiger charge is -2.07. The average Bonchev–Trinajstić information content (AvgIpc) is 2.75. The lowest BCUT2D eigenvalue weighted by Crippen LogP contribution is -2.17. The summed E-state index contributed by atoms with van der Waals surface area (Å²) in [6, 6.07) is 0. The first-order valence-electron chi connectivity index (χ1n) is 5.77. The standard InChI is InChI=1S/C12H15F2NO4S/c1-7-6-20-11(12(17)18-2)10(7)15-9(16)3-4-19-5-8(13)14/h6,8H,3-5H2,1-2H3,(H,15,16). The van der Waals surface area contributed by atoms with Gasteiger partial charge in [-0.15, -0.1) is 11.3 Å². The number of thiophene rings is 1. The van der Waals surface area contributed by atoms with Gasteiger partial charge in [0.1, 0.15) is 11.5 Å². The summed E-state index contributed by atoms with van der Waals surface area (Å²) in [4.78, 5) is 23.4. The summed E-state index contributed by atoms with van der Waals surface area (Å²) >= 11 is 1.16. The highest BCUT2D eigenvalue weighted by molar-refractivity contribution is 7.12. The Morgan fingerprint density at radius 3 is 2.75 bits per heavy atom. The van der Waals surface area contributed by atoms with E-state index in [9.17, 15) is 18.4 Å². The van der Waals surface area contributed by atoms with Crippen molar-refractivity contribution in [2.24, 2.45) is 0 Å². The maximum atomic E-state index is 11.8. The number of nitrogens with one attached hydrogen (secondary N) is 1.